The van der Waals surface area contributed by atoms with Gasteiger partial charge in [0, 0.05) is 0 Å². The first-order chi connectivity index (χ1) is 6.09. The molecule has 1 rings (SSSR count). The molecule has 0 spiro atoms. The van der Waals surface area contributed by atoms with Gasteiger partial charge in [-0.3, -0.25) is 0 Å². The van der Waals surface area contributed by atoms with E-state index >= 15 is 0 Å². The predicted octanol–water partition coefficient (Wildman–Crippen LogP) is -3.14. The number of hydrogen-bond donors (Lipinski definition) is 2. The minimum Gasteiger partial charge on any atom is -0.545 e. The van der Waals surface area contributed by atoms with Gasteiger partial charge in [-0.25, -0.2) is 0 Å². The van der Waals surface area contributed by atoms with Gasteiger partial charge in [0.15, 0.2) is 11.5 Å². The Morgan fingerprint density at radius 3 is 2.43 bits per heavy atom. The molecule has 0 saturated carbocycles. The third kappa shape index (κ3) is 4.54. The minimum absolute atomic E-state index is 0. The summed E-state index contributed by atoms with van der Waals surface area (Å²) in [5.41, 5.74) is 0.472. The van der Waals surface area contributed by atoms with Crippen LogP contribution in [-0.4, -0.2) is 16.2 Å². The molecule has 0 aliphatic carbocycles. The summed E-state index contributed by atoms with van der Waals surface area (Å²) in [6.45, 7) is 0. The molecule has 5 heteroatoms. The molecule has 0 bridgehead atoms. The molecule has 14 heavy (non-hydrogen) atoms. The molecule has 0 aliphatic rings. The van der Waals surface area contributed by atoms with Gasteiger partial charge in [-0.2, -0.15) is 0 Å². The van der Waals surface area contributed by atoms with Crippen LogP contribution in [0.3, 0.4) is 0 Å². The number of hydrogen-bond acceptors (Lipinski definition) is 4. The smallest absolute Gasteiger partial charge is 0.545 e. The second-order valence-electron chi connectivity index (χ2n) is 2.40. The third-order valence-corrected chi connectivity index (χ3v) is 1.41. The summed E-state index contributed by atoms with van der Waals surface area (Å²) in [6.07, 6.45) is 2.10. The van der Waals surface area contributed by atoms with Gasteiger partial charge in [-0.05, 0) is 23.8 Å². The van der Waals surface area contributed by atoms with Crippen LogP contribution in [0.2, 0.25) is 0 Å². The van der Waals surface area contributed by atoms with Crippen LogP contribution in [0.15, 0.2) is 24.3 Å². The van der Waals surface area contributed by atoms with Crippen LogP contribution in [0.25, 0.3) is 6.08 Å². The van der Waals surface area contributed by atoms with E-state index in [1.165, 1.54) is 24.3 Å². The number of aromatic hydroxyl groups is 2. The summed E-state index contributed by atoms with van der Waals surface area (Å²) in [7, 11) is 0. The van der Waals surface area contributed by atoms with Gasteiger partial charge >= 0.3 is 68.9 Å². The fraction of sp³-hybridized carbons (Fsp3) is 0. The van der Waals surface area contributed by atoms with Crippen molar-refractivity contribution in [2.45, 2.75) is 0 Å². The average Bonchev–Trinajstić information content (AvgIpc) is 2.07. The molecular weight excluding hydrogens is 305 g/mol. The molecule has 0 heterocycles. The van der Waals surface area contributed by atoms with Crippen molar-refractivity contribution in [2.75, 3.05) is 0 Å². The van der Waals surface area contributed by atoms with Crippen molar-refractivity contribution in [2.24, 2.45) is 0 Å². The molecule has 1 aromatic rings. The Labute approximate surface area is 140 Å². The largest absolute Gasteiger partial charge is 1.00 e. The van der Waals surface area contributed by atoms with Crippen molar-refractivity contribution >= 4 is 12.0 Å². The van der Waals surface area contributed by atoms with Crippen molar-refractivity contribution < 1.29 is 89.0 Å². The molecule has 68 valence electrons. The van der Waals surface area contributed by atoms with E-state index in [4.69, 9.17) is 10.2 Å². The van der Waals surface area contributed by atoms with E-state index in [-0.39, 0.29) is 80.4 Å². The molecule has 0 aliphatic heterocycles. The zero-order valence-corrected chi connectivity index (χ0v) is 13.9. The van der Waals surface area contributed by atoms with E-state index in [0.29, 0.717) is 5.56 Å². The molecular formula is C9H7CsO4. The molecule has 0 radical (unpaired) electrons. The Hall–Kier alpha value is 0.0819. The molecule has 4 nitrogen and oxygen atoms in total. The first kappa shape index (κ1) is 14.1. The number of carboxylic acid groups (broad SMARTS) is 1. The Bertz CT molecular complexity index is 360. The molecule has 0 unspecified atom stereocenters. The Balaban J connectivity index is 0.00000169. The standard InChI is InChI=1S/C9H8O4.Cs/c10-7-3-1-6(5-8(7)11)2-4-9(12)13;/h1-5,10-11H,(H,12,13);/q;+1/p-1. The van der Waals surface area contributed by atoms with E-state index in [0.717, 1.165) is 6.08 Å². The predicted molar refractivity (Wildman–Crippen MR) is 43.8 cm³/mol. The van der Waals surface area contributed by atoms with Crippen LogP contribution in [-0.2, 0) is 4.79 Å². The molecule has 1 aromatic carbocycles. The number of rotatable bonds is 2. The number of aliphatic carboxylic acids is 1. The molecule has 0 fully saturated rings. The van der Waals surface area contributed by atoms with Gasteiger partial charge in [-0.1, -0.05) is 12.1 Å². The van der Waals surface area contributed by atoms with Crippen molar-refractivity contribution in [3.05, 3.63) is 29.8 Å². The SMILES string of the molecule is O=C([O-])C=Cc1ccc(O)c(O)c1.[Cs+]. The summed E-state index contributed by atoms with van der Waals surface area (Å²) in [5, 5.41) is 28.0. The number of carboxylic acids is 1. The number of phenolic OH excluding ortho intramolecular Hbond substituents is 2. The van der Waals surface area contributed by atoms with E-state index < -0.39 is 5.97 Å². The van der Waals surface area contributed by atoms with Crippen molar-refractivity contribution in [1.82, 2.24) is 0 Å². The van der Waals surface area contributed by atoms with Crippen molar-refractivity contribution in [3.63, 3.8) is 0 Å². The summed E-state index contributed by atoms with van der Waals surface area (Å²) in [6, 6.07) is 3.98. The second-order valence-corrected chi connectivity index (χ2v) is 2.40. The molecule has 2 N–H and O–H groups in total. The van der Waals surface area contributed by atoms with Crippen LogP contribution >= 0.6 is 0 Å². The summed E-state index contributed by atoms with van der Waals surface area (Å²) >= 11 is 0. The summed E-state index contributed by atoms with van der Waals surface area (Å²) in [5.74, 6) is -1.85. The Morgan fingerprint density at radius 1 is 1.29 bits per heavy atom. The zero-order chi connectivity index (χ0) is 9.84. The Morgan fingerprint density at radius 2 is 1.93 bits per heavy atom. The molecule has 0 aromatic heterocycles. The van der Waals surface area contributed by atoms with Crippen LogP contribution in [0, 0.1) is 0 Å². The van der Waals surface area contributed by atoms with Crippen LogP contribution in [0.5, 0.6) is 11.5 Å². The van der Waals surface area contributed by atoms with Crippen molar-refractivity contribution in [1.29, 1.82) is 0 Å². The average molecular weight is 312 g/mol. The van der Waals surface area contributed by atoms with Crippen LogP contribution in [0.1, 0.15) is 5.56 Å². The fourth-order valence-corrected chi connectivity index (χ4v) is 0.808. The molecule has 0 atom stereocenters. The zero-order valence-electron chi connectivity index (χ0n) is 7.60. The van der Waals surface area contributed by atoms with Gasteiger partial charge in [-0.15, -0.1) is 0 Å². The number of phenols is 2. The molecule has 0 amide bonds. The first-order valence-electron chi connectivity index (χ1n) is 3.50. The van der Waals surface area contributed by atoms with E-state index in [2.05, 4.69) is 0 Å². The second kappa shape index (κ2) is 6.54. The van der Waals surface area contributed by atoms with E-state index in [1.807, 2.05) is 0 Å². The summed E-state index contributed by atoms with van der Waals surface area (Å²) in [4.78, 5) is 10.0. The number of carbonyl (C=O) groups is 1. The minimum atomic E-state index is -1.31. The van der Waals surface area contributed by atoms with Gasteiger partial charge in [0.2, 0.25) is 0 Å². The van der Waals surface area contributed by atoms with Crippen LogP contribution < -0.4 is 74.0 Å². The quantitative estimate of drug-likeness (QED) is 0.447. The Kier molecular flexibility index (Phi) is 6.58. The topological polar surface area (TPSA) is 80.6 Å². The fourth-order valence-electron chi connectivity index (χ4n) is 0.808. The van der Waals surface area contributed by atoms with Gasteiger partial charge in [0.1, 0.15) is 0 Å². The van der Waals surface area contributed by atoms with Gasteiger partial charge in [0.05, 0.1) is 5.97 Å². The van der Waals surface area contributed by atoms with E-state index in [1.54, 1.807) is 0 Å². The first-order valence-corrected chi connectivity index (χ1v) is 3.50. The van der Waals surface area contributed by atoms with Gasteiger partial charge in [0.25, 0.3) is 0 Å². The molecule has 0 saturated heterocycles. The van der Waals surface area contributed by atoms with Gasteiger partial charge < -0.3 is 20.1 Å². The maximum absolute atomic E-state index is 10.0. The summed E-state index contributed by atoms with van der Waals surface area (Å²) < 4.78 is 0. The number of benzene rings is 1. The normalized spacial score (nSPS) is 9.71. The maximum Gasteiger partial charge on any atom is 1.00 e. The maximum atomic E-state index is 10.0. The van der Waals surface area contributed by atoms with E-state index in [9.17, 15) is 9.90 Å². The monoisotopic (exact) mass is 312 g/mol. The number of carbonyl (C=O) groups excluding carboxylic acids is 1. The van der Waals surface area contributed by atoms with Crippen molar-refractivity contribution in [3.8, 4) is 11.5 Å². The third-order valence-electron chi connectivity index (χ3n) is 1.41. The van der Waals surface area contributed by atoms with Crippen LogP contribution in [0.4, 0.5) is 0 Å².